The van der Waals surface area contributed by atoms with Crippen LogP contribution < -0.4 is 5.43 Å². The molecule has 3 rings (SSSR count). The van der Waals surface area contributed by atoms with Crippen molar-refractivity contribution < 1.29 is 4.42 Å². The molecule has 2 heterocycles. The zero-order chi connectivity index (χ0) is 12.7. The molecule has 0 spiro atoms. The van der Waals surface area contributed by atoms with Crippen molar-refractivity contribution in [1.29, 1.82) is 0 Å². The molecular weight excluding hydrogens is 250 g/mol. The van der Waals surface area contributed by atoms with Crippen LogP contribution in [-0.2, 0) is 6.42 Å². The molecule has 0 saturated heterocycles. The molecule has 2 aromatic heterocycles. The zero-order valence-corrected chi connectivity index (χ0v) is 10.5. The van der Waals surface area contributed by atoms with E-state index in [9.17, 15) is 4.79 Å². The van der Waals surface area contributed by atoms with Crippen LogP contribution in [0.5, 0.6) is 0 Å². The monoisotopic (exact) mass is 259 g/mol. The maximum atomic E-state index is 12.4. The van der Waals surface area contributed by atoms with Crippen molar-refractivity contribution in [1.82, 2.24) is 4.98 Å². The molecule has 1 aromatic carbocycles. The molecule has 3 aromatic rings. The molecule has 0 aliphatic heterocycles. The number of hydrogen-bond acceptors (Lipinski definition) is 3. The normalized spacial score (nSPS) is 11.2. The molecule has 0 atom stereocenters. The summed E-state index contributed by atoms with van der Waals surface area (Å²) in [6.45, 7) is 2.05. The molecule has 0 unspecified atom stereocenters. The first-order valence-electron chi connectivity index (χ1n) is 5.70. The van der Waals surface area contributed by atoms with Crippen LogP contribution in [0.1, 0.15) is 12.5 Å². The van der Waals surface area contributed by atoms with Crippen molar-refractivity contribution in [2.45, 2.75) is 13.3 Å². The minimum Gasteiger partial charge on any atom is -0.454 e. The standard InChI is InChI=1S/C14H10ClNO2/c1-2-8-3-4-11-9(5-8)14(17)10-6-13(15)16-7-12(10)18-11/h3-7H,2H2,1H3. The molecule has 0 aliphatic rings. The lowest BCUT2D eigenvalue weighted by molar-refractivity contribution is 0.657. The Balaban J connectivity index is 2.49. The van der Waals surface area contributed by atoms with E-state index in [4.69, 9.17) is 16.0 Å². The van der Waals surface area contributed by atoms with Gasteiger partial charge in [0.15, 0.2) is 5.58 Å². The molecule has 3 nitrogen and oxygen atoms in total. The van der Waals surface area contributed by atoms with Gasteiger partial charge >= 0.3 is 0 Å². The first kappa shape index (κ1) is 11.2. The van der Waals surface area contributed by atoms with Crippen LogP contribution in [0.3, 0.4) is 0 Å². The van der Waals surface area contributed by atoms with Crippen LogP contribution in [-0.4, -0.2) is 4.98 Å². The molecule has 4 heteroatoms. The van der Waals surface area contributed by atoms with Gasteiger partial charge in [0.05, 0.1) is 17.0 Å². The third-order valence-corrected chi connectivity index (χ3v) is 3.20. The van der Waals surface area contributed by atoms with Crippen molar-refractivity contribution in [2.24, 2.45) is 0 Å². The third-order valence-electron chi connectivity index (χ3n) is 3.00. The van der Waals surface area contributed by atoms with Gasteiger partial charge in [0.1, 0.15) is 10.7 Å². The molecule has 0 amide bonds. The van der Waals surface area contributed by atoms with E-state index in [1.807, 2.05) is 25.1 Å². The quantitative estimate of drug-likeness (QED) is 0.496. The number of aryl methyl sites for hydroxylation is 1. The van der Waals surface area contributed by atoms with E-state index < -0.39 is 0 Å². The Labute approximate surface area is 108 Å². The molecule has 0 radical (unpaired) electrons. The number of benzene rings is 1. The van der Waals surface area contributed by atoms with E-state index in [1.54, 1.807) is 6.07 Å². The number of pyridine rings is 1. The van der Waals surface area contributed by atoms with E-state index in [0.29, 0.717) is 27.1 Å². The highest BCUT2D eigenvalue weighted by molar-refractivity contribution is 6.30. The van der Waals surface area contributed by atoms with Crippen LogP contribution in [0.25, 0.3) is 21.9 Å². The fourth-order valence-corrected chi connectivity index (χ4v) is 2.16. The van der Waals surface area contributed by atoms with Gasteiger partial charge in [-0.1, -0.05) is 24.6 Å². The second-order valence-corrected chi connectivity index (χ2v) is 4.51. The number of aromatic nitrogens is 1. The summed E-state index contributed by atoms with van der Waals surface area (Å²) in [6.07, 6.45) is 2.36. The van der Waals surface area contributed by atoms with Crippen molar-refractivity contribution in [3.63, 3.8) is 0 Å². The highest BCUT2D eigenvalue weighted by Crippen LogP contribution is 2.20. The summed E-state index contributed by atoms with van der Waals surface area (Å²) in [4.78, 5) is 16.3. The summed E-state index contributed by atoms with van der Waals surface area (Å²) < 4.78 is 5.66. The number of halogens is 1. The largest absolute Gasteiger partial charge is 0.454 e. The molecule has 90 valence electrons. The van der Waals surface area contributed by atoms with Crippen LogP contribution in [0.15, 0.2) is 39.7 Å². The topological polar surface area (TPSA) is 43.1 Å². The first-order valence-corrected chi connectivity index (χ1v) is 6.08. The van der Waals surface area contributed by atoms with Gasteiger partial charge in [-0.25, -0.2) is 4.98 Å². The summed E-state index contributed by atoms with van der Waals surface area (Å²) in [7, 11) is 0. The molecule has 0 aliphatic carbocycles. The lowest BCUT2D eigenvalue weighted by atomic mass is 10.1. The minimum atomic E-state index is -0.0640. The zero-order valence-electron chi connectivity index (χ0n) is 9.74. The Morgan fingerprint density at radius 2 is 2.00 bits per heavy atom. The predicted molar refractivity (Wildman–Crippen MR) is 72.2 cm³/mol. The summed E-state index contributed by atoms with van der Waals surface area (Å²) in [6, 6.07) is 7.19. The maximum absolute atomic E-state index is 12.4. The Morgan fingerprint density at radius 1 is 1.22 bits per heavy atom. The first-order chi connectivity index (χ1) is 8.69. The molecule has 0 fully saturated rings. The van der Waals surface area contributed by atoms with Gasteiger partial charge in [0, 0.05) is 0 Å². The molecular formula is C14H10ClNO2. The molecule has 18 heavy (non-hydrogen) atoms. The summed E-state index contributed by atoms with van der Waals surface area (Å²) in [5.74, 6) is 0. The fourth-order valence-electron chi connectivity index (χ4n) is 2.00. The van der Waals surface area contributed by atoms with Crippen LogP contribution in [0.2, 0.25) is 5.15 Å². The van der Waals surface area contributed by atoms with Gasteiger partial charge in [0.2, 0.25) is 5.43 Å². The average Bonchev–Trinajstić information content (AvgIpc) is 2.40. The summed E-state index contributed by atoms with van der Waals surface area (Å²) >= 11 is 5.81. The van der Waals surface area contributed by atoms with Gasteiger partial charge in [0.25, 0.3) is 0 Å². The Kier molecular flexibility index (Phi) is 2.56. The lowest BCUT2D eigenvalue weighted by Gasteiger charge is -2.03. The Hall–Kier alpha value is -1.87. The number of hydrogen-bond donors (Lipinski definition) is 0. The van der Waals surface area contributed by atoms with E-state index in [0.717, 1.165) is 12.0 Å². The van der Waals surface area contributed by atoms with E-state index in [2.05, 4.69) is 4.98 Å². The second kappa shape index (κ2) is 4.10. The number of nitrogens with zero attached hydrogens (tertiary/aromatic N) is 1. The third kappa shape index (κ3) is 1.68. The van der Waals surface area contributed by atoms with Crippen molar-refractivity contribution in [3.8, 4) is 0 Å². The highest BCUT2D eigenvalue weighted by Gasteiger charge is 2.09. The van der Waals surface area contributed by atoms with Crippen molar-refractivity contribution in [3.05, 3.63) is 51.4 Å². The molecule has 0 saturated carbocycles. The molecule has 0 bridgehead atoms. The van der Waals surface area contributed by atoms with Gasteiger partial charge in [-0.15, -0.1) is 0 Å². The van der Waals surface area contributed by atoms with E-state index in [1.165, 1.54) is 6.20 Å². The predicted octanol–water partition coefficient (Wildman–Crippen LogP) is 3.56. The highest BCUT2D eigenvalue weighted by atomic mass is 35.5. The Bertz CT molecular complexity index is 808. The van der Waals surface area contributed by atoms with Gasteiger partial charge < -0.3 is 4.42 Å². The second-order valence-electron chi connectivity index (χ2n) is 4.12. The van der Waals surface area contributed by atoms with Crippen LogP contribution in [0, 0.1) is 0 Å². The van der Waals surface area contributed by atoms with Crippen LogP contribution >= 0.6 is 11.6 Å². The van der Waals surface area contributed by atoms with Gasteiger partial charge in [-0.05, 0) is 30.2 Å². The maximum Gasteiger partial charge on any atom is 0.200 e. The van der Waals surface area contributed by atoms with E-state index >= 15 is 0 Å². The van der Waals surface area contributed by atoms with Crippen molar-refractivity contribution >= 4 is 33.5 Å². The smallest absolute Gasteiger partial charge is 0.200 e. The SMILES string of the molecule is CCc1ccc2oc3cnc(Cl)cc3c(=O)c2c1. The van der Waals surface area contributed by atoms with Crippen LogP contribution in [0.4, 0.5) is 0 Å². The summed E-state index contributed by atoms with van der Waals surface area (Å²) in [5, 5.41) is 1.35. The number of rotatable bonds is 1. The minimum absolute atomic E-state index is 0.0640. The average molecular weight is 260 g/mol. The van der Waals surface area contributed by atoms with Gasteiger partial charge in [-0.2, -0.15) is 0 Å². The lowest BCUT2D eigenvalue weighted by Crippen LogP contribution is -2.03. The van der Waals surface area contributed by atoms with Crippen molar-refractivity contribution in [2.75, 3.05) is 0 Å². The fraction of sp³-hybridized carbons (Fsp3) is 0.143. The van der Waals surface area contributed by atoms with Gasteiger partial charge in [-0.3, -0.25) is 4.79 Å². The number of fused-ring (bicyclic) bond motifs is 2. The molecule has 0 N–H and O–H groups in total. The van der Waals surface area contributed by atoms with E-state index in [-0.39, 0.29) is 5.43 Å². The summed E-state index contributed by atoms with van der Waals surface area (Å²) in [5.41, 5.74) is 2.08. The Morgan fingerprint density at radius 3 is 2.78 bits per heavy atom.